The minimum absolute atomic E-state index is 0.318. The Morgan fingerprint density at radius 2 is 2.64 bits per heavy atom. The number of hydrogen-bond acceptors (Lipinski definition) is 4. The summed E-state index contributed by atoms with van der Waals surface area (Å²) in [5.74, 6) is -0.318. The van der Waals surface area contributed by atoms with Crippen molar-refractivity contribution in [3.63, 3.8) is 0 Å². The second-order valence-electron chi connectivity index (χ2n) is 1.97. The van der Waals surface area contributed by atoms with Crippen LogP contribution in [0.15, 0.2) is 11.6 Å². The monoisotopic (exact) mass is 171 g/mol. The first-order valence-corrected chi connectivity index (χ1v) is 4.29. The van der Waals surface area contributed by atoms with E-state index in [4.69, 9.17) is 4.74 Å². The molecular formula is C7H9NO2S. The van der Waals surface area contributed by atoms with Gasteiger partial charge in [0, 0.05) is 11.6 Å². The fourth-order valence-electron chi connectivity index (χ4n) is 0.581. The van der Waals surface area contributed by atoms with Gasteiger partial charge < -0.3 is 4.74 Å². The van der Waals surface area contributed by atoms with Crippen molar-refractivity contribution in [1.29, 1.82) is 0 Å². The van der Waals surface area contributed by atoms with Gasteiger partial charge in [-0.05, 0) is 6.42 Å². The van der Waals surface area contributed by atoms with E-state index in [0.29, 0.717) is 11.6 Å². The fraction of sp³-hybridized carbons (Fsp3) is 0.429. The average Bonchev–Trinajstić information content (AvgIpc) is 2.52. The summed E-state index contributed by atoms with van der Waals surface area (Å²) in [4.78, 5) is 14.8. The second-order valence-corrected chi connectivity index (χ2v) is 2.87. The van der Waals surface area contributed by atoms with Crippen molar-refractivity contribution in [2.75, 3.05) is 6.61 Å². The highest BCUT2D eigenvalue weighted by molar-refractivity contribution is 7.11. The molecule has 0 radical (unpaired) electrons. The van der Waals surface area contributed by atoms with Crippen LogP contribution in [0.1, 0.15) is 23.1 Å². The van der Waals surface area contributed by atoms with Crippen molar-refractivity contribution >= 4 is 17.3 Å². The van der Waals surface area contributed by atoms with E-state index < -0.39 is 0 Å². The predicted octanol–water partition coefficient (Wildman–Crippen LogP) is 1.71. The van der Waals surface area contributed by atoms with Crippen LogP contribution in [0.2, 0.25) is 0 Å². The van der Waals surface area contributed by atoms with E-state index in [-0.39, 0.29) is 5.97 Å². The zero-order valence-corrected chi connectivity index (χ0v) is 7.06. The maximum atomic E-state index is 11.0. The molecule has 1 aromatic rings. The van der Waals surface area contributed by atoms with Crippen molar-refractivity contribution < 1.29 is 9.53 Å². The molecule has 1 rings (SSSR count). The predicted molar refractivity (Wildman–Crippen MR) is 42.7 cm³/mol. The summed E-state index contributed by atoms with van der Waals surface area (Å²) in [6.45, 7) is 2.42. The van der Waals surface area contributed by atoms with Crippen LogP contribution >= 0.6 is 11.3 Å². The van der Waals surface area contributed by atoms with Gasteiger partial charge >= 0.3 is 5.97 Å². The number of nitrogens with zero attached hydrogens (tertiary/aromatic N) is 1. The van der Waals surface area contributed by atoms with Gasteiger partial charge in [-0.2, -0.15) is 0 Å². The smallest absolute Gasteiger partial charge is 0.367 e. The van der Waals surface area contributed by atoms with Crippen LogP contribution in [-0.2, 0) is 4.74 Å². The molecule has 0 aliphatic heterocycles. The lowest BCUT2D eigenvalue weighted by atomic mass is 10.5. The fourth-order valence-corrected chi connectivity index (χ4v) is 1.11. The Balaban J connectivity index is 2.43. The number of hydrogen-bond donors (Lipinski definition) is 0. The molecule has 0 aliphatic carbocycles. The third-order valence-corrected chi connectivity index (χ3v) is 1.80. The normalized spacial score (nSPS) is 9.55. The number of aromatic nitrogens is 1. The lowest BCUT2D eigenvalue weighted by molar-refractivity contribution is 0.0504. The highest BCUT2D eigenvalue weighted by Crippen LogP contribution is 2.05. The summed E-state index contributed by atoms with van der Waals surface area (Å²) >= 11 is 1.30. The Morgan fingerprint density at radius 3 is 3.18 bits per heavy atom. The minimum Gasteiger partial charge on any atom is -0.460 e. The standard InChI is InChI=1S/C7H9NO2S/c1-2-4-10-7(9)6-8-3-5-11-6/h3,5H,2,4H2,1H3. The third kappa shape index (κ3) is 2.31. The van der Waals surface area contributed by atoms with Crippen LogP contribution in [0.4, 0.5) is 0 Å². The Kier molecular flexibility index (Phi) is 3.04. The highest BCUT2D eigenvalue weighted by atomic mass is 32.1. The van der Waals surface area contributed by atoms with Gasteiger partial charge in [0.1, 0.15) is 0 Å². The van der Waals surface area contributed by atoms with Gasteiger partial charge in [-0.1, -0.05) is 6.92 Å². The number of rotatable bonds is 3. The molecule has 0 unspecified atom stereocenters. The van der Waals surface area contributed by atoms with Gasteiger partial charge in [0.25, 0.3) is 0 Å². The molecule has 3 nitrogen and oxygen atoms in total. The molecule has 0 fully saturated rings. The Bertz CT molecular complexity index is 220. The topological polar surface area (TPSA) is 39.2 Å². The third-order valence-electron chi connectivity index (χ3n) is 1.04. The molecule has 0 atom stereocenters. The van der Waals surface area contributed by atoms with Crippen LogP contribution in [0, 0.1) is 0 Å². The van der Waals surface area contributed by atoms with Gasteiger partial charge in [0.2, 0.25) is 5.01 Å². The van der Waals surface area contributed by atoms with Crippen LogP contribution in [0.5, 0.6) is 0 Å². The lowest BCUT2D eigenvalue weighted by Crippen LogP contribution is -2.04. The van der Waals surface area contributed by atoms with Gasteiger partial charge in [-0.25, -0.2) is 9.78 Å². The summed E-state index contributed by atoms with van der Waals surface area (Å²) in [6, 6.07) is 0. The SMILES string of the molecule is CCCOC(=O)c1nccs1. The second kappa shape index (κ2) is 4.08. The zero-order valence-electron chi connectivity index (χ0n) is 6.24. The molecule has 0 amide bonds. The van der Waals surface area contributed by atoms with E-state index in [9.17, 15) is 4.79 Å². The molecule has 0 spiro atoms. The number of thiazole rings is 1. The maximum absolute atomic E-state index is 11.0. The Labute approximate surface area is 69.0 Å². The molecule has 0 N–H and O–H groups in total. The first kappa shape index (κ1) is 8.20. The zero-order chi connectivity index (χ0) is 8.10. The first-order chi connectivity index (χ1) is 5.34. The number of ether oxygens (including phenoxy) is 1. The van der Waals surface area contributed by atoms with Crippen LogP contribution in [0.25, 0.3) is 0 Å². The Morgan fingerprint density at radius 1 is 1.82 bits per heavy atom. The molecule has 1 heterocycles. The summed E-state index contributed by atoms with van der Waals surface area (Å²) in [6.07, 6.45) is 2.43. The summed E-state index contributed by atoms with van der Waals surface area (Å²) in [5, 5.41) is 2.18. The molecule has 11 heavy (non-hydrogen) atoms. The molecular weight excluding hydrogens is 162 g/mol. The van der Waals surface area contributed by atoms with Crippen LogP contribution in [-0.4, -0.2) is 17.6 Å². The van der Waals surface area contributed by atoms with Gasteiger partial charge in [0.15, 0.2) is 0 Å². The average molecular weight is 171 g/mol. The van der Waals surface area contributed by atoms with Crippen molar-refractivity contribution in [2.45, 2.75) is 13.3 Å². The molecule has 0 saturated carbocycles. The highest BCUT2D eigenvalue weighted by Gasteiger charge is 2.07. The summed E-state index contributed by atoms with van der Waals surface area (Å²) in [5.41, 5.74) is 0. The number of carbonyl (C=O) groups is 1. The Hall–Kier alpha value is -0.900. The van der Waals surface area contributed by atoms with Gasteiger partial charge in [0.05, 0.1) is 6.61 Å². The molecule has 60 valence electrons. The molecule has 0 bridgehead atoms. The summed E-state index contributed by atoms with van der Waals surface area (Å²) in [7, 11) is 0. The van der Waals surface area contributed by atoms with E-state index in [1.54, 1.807) is 11.6 Å². The number of esters is 1. The van der Waals surface area contributed by atoms with Crippen LogP contribution in [0.3, 0.4) is 0 Å². The quantitative estimate of drug-likeness (QED) is 0.650. The summed E-state index contributed by atoms with van der Waals surface area (Å²) < 4.78 is 4.84. The van der Waals surface area contributed by atoms with E-state index in [0.717, 1.165) is 6.42 Å². The lowest BCUT2D eigenvalue weighted by Gasteiger charge is -1.97. The van der Waals surface area contributed by atoms with Crippen molar-refractivity contribution in [3.8, 4) is 0 Å². The van der Waals surface area contributed by atoms with E-state index in [1.165, 1.54) is 11.3 Å². The van der Waals surface area contributed by atoms with Crippen LogP contribution < -0.4 is 0 Å². The molecule has 0 saturated heterocycles. The van der Waals surface area contributed by atoms with E-state index in [2.05, 4.69) is 4.98 Å². The van der Waals surface area contributed by atoms with Gasteiger partial charge in [-0.15, -0.1) is 11.3 Å². The van der Waals surface area contributed by atoms with Crippen molar-refractivity contribution in [1.82, 2.24) is 4.98 Å². The largest absolute Gasteiger partial charge is 0.460 e. The van der Waals surface area contributed by atoms with E-state index in [1.807, 2.05) is 6.92 Å². The van der Waals surface area contributed by atoms with Crippen molar-refractivity contribution in [3.05, 3.63) is 16.6 Å². The molecule has 0 aliphatic rings. The maximum Gasteiger partial charge on any atom is 0.367 e. The minimum atomic E-state index is -0.318. The van der Waals surface area contributed by atoms with E-state index >= 15 is 0 Å². The van der Waals surface area contributed by atoms with Crippen molar-refractivity contribution in [2.24, 2.45) is 0 Å². The number of carbonyl (C=O) groups excluding carboxylic acids is 1. The molecule has 0 aromatic carbocycles. The molecule has 1 aromatic heterocycles. The first-order valence-electron chi connectivity index (χ1n) is 3.41. The molecule has 4 heteroatoms. The van der Waals surface area contributed by atoms with Gasteiger partial charge in [-0.3, -0.25) is 0 Å².